The van der Waals surface area contributed by atoms with Gasteiger partial charge in [0.05, 0.1) is 6.10 Å². The summed E-state index contributed by atoms with van der Waals surface area (Å²) in [5.74, 6) is 1.03. The highest BCUT2D eigenvalue weighted by Crippen LogP contribution is 2.48. The Kier molecular flexibility index (Phi) is 2.18. The molecule has 80 valence electrons. The highest BCUT2D eigenvalue weighted by atomic mass is 16.4. The maximum atomic E-state index is 10.6. The molecule has 2 aliphatic rings. The number of carboxylic acid groups (broad SMARTS) is 1. The van der Waals surface area contributed by atoms with Crippen molar-refractivity contribution in [2.45, 2.75) is 44.2 Å². The molecule has 0 radical (unpaired) electrons. The third kappa shape index (κ3) is 1.71. The van der Waals surface area contributed by atoms with Crippen molar-refractivity contribution in [2.75, 3.05) is 0 Å². The lowest BCUT2D eigenvalue weighted by Gasteiger charge is -2.25. The number of aliphatic hydroxyl groups is 1. The van der Waals surface area contributed by atoms with Gasteiger partial charge in [-0.1, -0.05) is 0 Å². The molecule has 0 aromatic rings. The van der Waals surface area contributed by atoms with Crippen molar-refractivity contribution in [3.05, 3.63) is 0 Å². The van der Waals surface area contributed by atoms with E-state index in [4.69, 9.17) is 5.11 Å². The van der Waals surface area contributed by atoms with E-state index in [1.54, 1.807) is 0 Å². The monoisotopic (exact) mass is 199 g/mol. The molecule has 0 spiro atoms. The van der Waals surface area contributed by atoms with Crippen LogP contribution in [0.4, 0.5) is 4.79 Å². The van der Waals surface area contributed by atoms with E-state index in [1.165, 1.54) is 0 Å². The van der Waals surface area contributed by atoms with E-state index in [0.29, 0.717) is 11.8 Å². The minimum absolute atomic E-state index is 0.153. The van der Waals surface area contributed by atoms with E-state index in [-0.39, 0.29) is 11.6 Å². The Balaban J connectivity index is 1.99. The Morgan fingerprint density at radius 2 is 1.86 bits per heavy atom. The summed E-state index contributed by atoms with van der Waals surface area (Å²) in [6.45, 7) is 1.96. The van der Waals surface area contributed by atoms with Crippen LogP contribution in [-0.4, -0.2) is 27.9 Å². The summed E-state index contributed by atoms with van der Waals surface area (Å²) in [4.78, 5) is 10.6. The first-order valence-electron chi connectivity index (χ1n) is 5.18. The van der Waals surface area contributed by atoms with Crippen molar-refractivity contribution >= 4 is 6.09 Å². The van der Waals surface area contributed by atoms with Crippen LogP contribution in [0.1, 0.15) is 32.6 Å². The van der Waals surface area contributed by atoms with Gasteiger partial charge >= 0.3 is 6.09 Å². The molecular formula is C10H17NO3. The van der Waals surface area contributed by atoms with E-state index in [1.807, 2.05) is 6.92 Å². The van der Waals surface area contributed by atoms with Gasteiger partial charge < -0.3 is 15.5 Å². The van der Waals surface area contributed by atoms with Crippen molar-refractivity contribution in [1.29, 1.82) is 0 Å². The van der Waals surface area contributed by atoms with Crippen molar-refractivity contribution in [2.24, 2.45) is 11.8 Å². The molecule has 2 saturated carbocycles. The molecule has 3 N–H and O–H groups in total. The molecule has 0 bridgehead atoms. The second-order valence-corrected chi connectivity index (χ2v) is 5.04. The van der Waals surface area contributed by atoms with Crippen LogP contribution in [-0.2, 0) is 0 Å². The minimum Gasteiger partial charge on any atom is -0.465 e. The van der Waals surface area contributed by atoms with Gasteiger partial charge in [-0.05, 0) is 44.4 Å². The van der Waals surface area contributed by atoms with Gasteiger partial charge in [0.25, 0.3) is 0 Å². The van der Waals surface area contributed by atoms with Gasteiger partial charge in [0, 0.05) is 5.54 Å². The predicted molar refractivity (Wildman–Crippen MR) is 51.0 cm³/mol. The van der Waals surface area contributed by atoms with Crippen LogP contribution in [0, 0.1) is 11.8 Å². The fourth-order valence-corrected chi connectivity index (χ4v) is 3.28. The fraction of sp³-hybridized carbons (Fsp3) is 0.900. The van der Waals surface area contributed by atoms with E-state index in [2.05, 4.69) is 5.32 Å². The minimum atomic E-state index is -0.937. The van der Waals surface area contributed by atoms with Crippen LogP contribution in [0.2, 0.25) is 0 Å². The molecule has 4 atom stereocenters. The van der Waals surface area contributed by atoms with Gasteiger partial charge in [-0.2, -0.15) is 0 Å². The summed E-state index contributed by atoms with van der Waals surface area (Å²) in [5, 5.41) is 20.7. The molecule has 14 heavy (non-hydrogen) atoms. The number of rotatable bonds is 1. The third-order valence-electron chi connectivity index (χ3n) is 3.65. The largest absolute Gasteiger partial charge is 0.465 e. The van der Waals surface area contributed by atoms with Crippen molar-refractivity contribution in [3.8, 4) is 0 Å². The first-order valence-corrected chi connectivity index (χ1v) is 5.18. The number of hydrogen-bond donors (Lipinski definition) is 3. The fourth-order valence-electron chi connectivity index (χ4n) is 3.28. The van der Waals surface area contributed by atoms with Gasteiger partial charge in [0.1, 0.15) is 0 Å². The maximum Gasteiger partial charge on any atom is 0.405 e. The first-order chi connectivity index (χ1) is 6.48. The number of aliphatic hydroxyl groups excluding tert-OH is 1. The SMILES string of the molecule is CC1(NC(=O)O)C[C@H]2CC(O)C[C@H]2C1. The number of hydrogen-bond acceptors (Lipinski definition) is 2. The Morgan fingerprint density at radius 1 is 1.36 bits per heavy atom. The zero-order valence-electron chi connectivity index (χ0n) is 8.36. The van der Waals surface area contributed by atoms with Crippen LogP contribution < -0.4 is 5.32 Å². The van der Waals surface area contributed by atoms with E-state index in [0.717, 1.165) is 25.7 Å². The van der Waals surface area contributed by atoms with Crippen LogP contribution in [0.25, 0.3) is 0 Å². The van der Waals surface area contributed by atoms with Gasteiger partial charge in [-0.25, -0.2) is 4.79 Å². The summed E-state index contributed by atoms with van der Waals surface area (Å²) in [6.07, 6.45) is 2.36. The van der Waals surface area contributed by atoms with Gasteiger partial charge in [-0.15, -0.1) is 0 Å². The van der Waals surface area contributed by atoms with Crippen LogP contribution in [0.3, 0.4) is 0 Å². The molecule has 2 rings (SSSR count). The summed E-state index contributed by atoms with van der Waals surface area (Å²) in [5.41, 5.74) is -0.263. The normalized spacial score (nSPS) is 46.3. The lowest BCUT2D eigenvalue weighted by Crippen LogP contribution is -2.43. The van der Waals surface area contributed by atoms with E-state index >= 15 is 0 Å². The van der Waals surface area contributed by atoms with Crippen LogP contribution >= 0.6 is 0 Å². The Labute approximate surface area is 83.3 Å². The highest BCUT2D eigenvalue weighted by Gasteiger charge is 2.47. The quantitative estimate of drug-likeness (QED) is 0.594. The summed E-state index contributed by atoms with van der Waals surface area (Å²) in [7, 11) is 0. The van der Waals surface area contributed by atoms with Gasteiger partial charge in [0.15, 0.2) is 0 Å². The van der Waals surface area contributed by atoms with E-state index in [9.17, 15) is 9.90 Å². The Morgan fingerprint density at radius 3 is 2.29 bits per heavy atom. The molecule has 4 nitrogen and oxygen atoms in total. The van der Waals surface area contributed by atoms with Crippen molar-refractivity contribution < 1.29 is 15.0 Å². The lowest BCUT2D eigenvalue weighted by atomic mass is 9.96. The topological polar surface area (TPSA) is 69.6 Å². The Bertz CT molecular complexity index is 240. The third-order valence-corrected chi connectivity index (χ3v) is 3.65. The average molecular weight is 199 g/mol. The molecule has 0 aromatic carbocycles. The number of nitrogens with one attached hydrogen (secondary N) is 1. The molecule has 2 fully saturated rings. The van der Waals surface area contributed by atoms with Crippen LogP contribution in [0.5, 0.6) is 0 Å². The van der Waals surface area contributed by atoms with Gasteiger partial charge in [0.2, 0.25) is 0 Å². The molecule has 1 amide bonds. The second kappa shape index (κ2) is 3.12. The first kappa shape index (κ1) is 9.77. The standard InChI is InChI=1S/C10H17NO3/c1-10(11-9(13)14)4-6-2-8(12)3-7(6)5-10/h6-8,11-12H,2-5H2,1H3,(H,13,14)/t6-,7+,8?,10?. The molecule has 2 unspecified atom stereocenters. The van der Waals surface area contributed by atoms with Crippen molar-refractivity contribution in [1.82, 2.24) is 5.32 Å². The molecule has 0 saturated heterocycles. The van der Waals surface area contributed by atoms with Crippen LogP contribution in [0.15, 0.2) is 0 Å². The Hall–Kier alpha value is -0.770. The van der Waals surface area contributed by atoms with Crippen molar-refractivity contribution in [3.63, 3.8) is 0 Å². The number of amides is 1. The van der Waals surface area contributed by atoms with Gasteiger partial charge in [-0.3, -0.25) is 0 Å². The summed E-state index contributed by atoms with van der Waals surface area (Å²) in [6, 6.07) is 0. The average Bonchev–Trinajstić information content (AvgIpc) is 2.38. The summed E-state index contributed by atoms with van der Waals surface area (Å²) >= 11 is 0. The predicted octanol–water partition coefficient (Wildman–Crippen LogP) is 1.19. The molecule has 0 aromatic heterocycles. The molecule has 2 aliphatic carbocycles. The molecule has 0 heterocycles. The lowest BCUT2D eigenvalue weighted by molar-refractivity contribution is 0.158. The highest BCUT2D eigenvalue weighted by molar-refractivity contribution is 5.65. The summed E-state index contributed by atoms with van der Waals surface area (Å²) < 4.78 is 0. The zero-order chi connectivity index (χ0) is 10.3. The number of fused-ring (bicyclic) bond motifs is 1. The molecule has 4 heteroatoms. The van der Waals surface area contributed by atoms with E-state index < -0.39 is 6.09 Å². The molecule has 0 aliphatic heterocycles. The smallest absolute Gasteiger partial charge is 0.405 e. The zero-order valence-corrected chi connectivity index (χ0v) is 8.36. The second-order valence-electron chi connectivity index (χ2n) is 5.04. The molecular weight excluding hydrogens is 182 g/mol. The maximum absolute atomic E-state index is 10.6. The number of carbonyl (C=O) groups is 1.